The van der Waals surface area contributed by atoms with E-state index >= 15 is 0 Å². The molecule has 0 bridgehead atoms. The van der Waals surface area contributed by atoms with Crippen LogP contribution in [-0.4, -0.2) is 11.8 Å². The van der Waals surface area contributed by atoms with Crippen LogP contribution in [0.1, 0.15) is 89.9 Å². The number of carbonyl (C=O) groups excluding carboxylic acids is 2. The summed E-state index contributed by atoms with van der Waals surface area (Å²) in [6.07, 6.45) is 23.4. The van der Waals surface area contributed by atoms with Gasteiger partial charge < -0.3 is 11.5 Å². The largest absolute Gasteiger partial charge is 0.370 e. The Labute approximate surface area is 147 Å². The predicted octanol–water partition coefficient (Wildman–Crippen LogP) is 4.53. The Balaban J connectivity index is 3.22. The number of rotatable bonds is 17. The van der Waals surface area contributed by atoms with E-state index in [1.165, 1.54) is 25.7 Å². The summed E-state index contributed by atoms with van der Waals surface area (Å²) < 4.78 is 0. The third-order valence-corrected chi connectivity index (χ3v) is 3.92. The van der Waals surface area contributed by atoms with Gasteiger partial charge >= 0.3 is 0 Å². The molecule has 0 fully saturated rings. The SMILES string of the molecule is NC(=O)CCCCCCC=CCCC=CCCCCCCC(N)=O. The average Bonchev–Trinajstić information content (AvgIpc) is 2.53. The predicted molar refractivity (Wildman–Crippen MR) is 101 cm³/mol. The molecule has 0 aliphatic rings. The van der Waals surface area contributed by atoms with Crippen molar-refractivity contribution in [2.45, 2.75) is 89.9 Å². The van der Waals surface area contributed by atoms with Crippen LogP contribution in [0.5, 0.6) is 0 Å². The van der Waals surface area contributed by atoms with Crippen molar-refractivity contribution in [2.75, 3.05) is 0 Å². The van der Waals surface area contributed by atoms with Crippen molar-refractivity contribution in [3.8, 4) is 0 Å². The maximum atomic E-state index is 10.6. The maximum absolute atomic E-state index is 10.6. The highest BCUT2D eigenvalue weighted by Gasteiger charge is 1.94. The van der Waals surface area contributed by atoms with E-state index in [1.807, 2.05) is 0 Å². The molecule has 0 aliphatic carbocycles. The Morgan fingerprint density at radius 2 is 0.833 bits per heavy atom. The van der Waals surface area contributed by atoms with E-state index < -0.39 is 0 Å². The Hall–Kier alpha value is -1.58. The first-order chi connectivity index (χ1) is 11.6. The molecule has 0 atom stereocenters. The molecule has 0 aromatic rings. The smallest absolute Gasteiger partial charge is 0.217 e. The Morgan fingerprint density at radius 1 is 0.500 bits per heavy atom. The summed E-state index contributed by atoms with van der Waals surface area (Å²) in [4.78, 5) is 21.1. The summed E-state index contributed by atoms with van der Waals surface area (Å²) >= 11 is 0. The molecule has 138 valence electrons. The second-order valence-corrected chi connectivity index (χ2v) is 6.36. The molecule has 4 nitrogen and oxygen atoms in total. The summed E-state index contributed by atoms with van der Waals surface area (Å²) in [5.41, 5.74) is 10.2. The first-order valence-corrected chi connectivity index (χ1v) is 9.49. The van der Waals surface area contributed by atoms with Crippen LogP contribution in [0.4, 0.5) is 0 Å². The van der Waals surface area contributed by atoms with Gasteiger partial charge in [0.15, 0.2) is 0 Å². The number of amides is 2. The van der Waals surface area contributed by atoms with E-state index in [9.17, 15) is 9.59 Å². The molecule has 0 aliphatic heterocycles. The van der Waals surface area contributed by atoms with Crippen LogP contribution in [0.15, 0.2) is 24.3 Å². The number of allylic oxidation sites excluding steroid dienone is 4. The van der Waals surface area contributed by atoms with Gasteiger partial charge in [0.05, 0.1) is 0 Å². The first kappa shape index (κ1) is 22.4. The van der Waals surface area contributed by atoms with Gasteiger partial charge in [-0.3, -0.25) is 9.59 Å². The van der Waals surface area contributed by atoms with Gasteiger partial charge in [0, 0.05) is 12.8 Å². The number of unbranched alkanes of at least 4 members (excludes halogenated alkanes) is 9. The minimum Gasteiger partial charge on any atom is -0.370 e. The van der Waals surface area contributed by atoms with Gasteiger partial charge in [-0.15, -0.1) is 0 Å². The third-order valence-electron chi connectivity index (χ3n) is 3.92. The van der Waals surface area contributed by atoms with E-state index in [1.54, 1.807) is 0 Å². The molecule has 0 rings (SSSR count). The standard InChI is InChI=1S/C20H36N2O2/c21-19(23)17-15-13-11-9-7-5-3-1-2-4-6-8-10-12-14-16-18-20(22)24/h3-6H,1-2,7-18H2,(H2,21,23)(H2,22,24). The van der Waals surface area contributed by atoms with Crippen molar-refractivity contribution >= 4 is 11.8 Å². The Morgan fingerprint density at radius 3 is 1.21 bits per heavy atom. The average molecular weight is 337 g/mol. The van der Waals surface area contributed by atoms with Gasteiger partial charge in [-0.25, -0.2) is 0 Å². The molecule has 0 aromatic carbocycles. The van der Waals surface area contributed by atoms with Gasteiger partial charge in [0.2, 0.25) is 11.8 Å². The van der Waals surface area contributed by atoms with Crippen LogP contribution < -0.4 is 11.5 Å². The Bertz CT molecular complexity index is 340. The zero-order valence-electron chi connectivity index (χ0n) is 15.2. The molecule has 0 saturated carbocycles. The van der Waals surface area contributed by atoms with Crippen LogP contribution in [-0.2, 0) is 9.59 Å². The molecular weight excluding hydrogens is 300 g/mol. The van der Waals surface area contributed by atoms with E-state index in [4.69, 9.17) is 11.5 Å². The van der Waals surface area contributed by atoms with Crippen LogP contribution in [0, 0.1) is 0 Å². The van der Waals surface area contributed by atoms with E-state index in [2.05, 4.69) is 24.3 Å². The molecule has 4 heteroatoms. The van der Waals surface area contributed by atoms with Crippen molar-refractivity contribution in [3.05, 3.63) is 24.3 Å². The van der Waals surface area contributed by atoms with Gasteiger partial charge in [-0.05, 0) is 51.4 Å². The van der Waals surface area contributed by atoms with Crippen molar-refractivity contribution in [1.82, 2.24) is 0 Å². The monoisotopic (exact) mass is 336 g/mol. The van der Waals surface area contributed by atoms with Crippen LogP contribution in [0.25, 0.3) is 0 Å². The molecular formula is C20H36N2O2. The fourth-order valence-electron chi connectivity index (χ4n) is 2.49. The van der Waals surface area contributed by atoms with Crippen molar-refractivity contribution < 1.29 is 9.59 Å². The summed E-state index contributed by atoms with van der Waals surface area (Å²) in [5.74, 6) is -0.378. The van der Waals surface area contributed by atoms with Crippen LogP contribution in [0.3, 0.4) is 0 Å². The maximum Gasteiger partial charge on any atom is 0.217 e. The summed E-state index contributed by atoms with van der Waals surface area (Å²) in [6, 6.07) is 0. The van der Waals surface area contributed by atoms with Crippen molar-refractivity contribution in [1.29, 1.82) is 0 Å². The van der Waals surface area contributed by atoms with Gasteiger partial charge in [0.1, 0.15) is 0 Å². The van der Waals surface area contributed by atoms with Gasteiger partial charge in [-0.1, -0.05) is 50.0 Å². The second kappa shape index (κ2) is 17.8. The molecule has 2 amide bonds. The molecule has 0 heterocycles. The van der Waals surface area contributed by atoms with Gasteiger partial charge in [0.25, 0.3) is 0 Å². The second-order valence-electron chi connectivity index (χ2n) is 6.36. The van der Waals surface area contributed by atoms with Crippen LogP contribution >= 0.6 is 0 Å². The summed E-state index contributed by atoms with van der Waals surface area (Å²) in [6.45, 7) is 0. The number of primary amides is 2. The molecule has 0 radical (unpaired) electrons. The number of hydrogen-bond acceptors (Lipinski definition) is 2. The molecule has 4 N–H and O–H groups in total. The van der Waals surface area contributed by atoms with Crippen molar-refractivity contribution in [2.24, 2.45) is 11.5 Å². The number of nitrogens with two attached hydrogens (primary N) is 2. The minimum atomic E-state index is -0.189. The first-order valence-electron chi connectivity index (χ1n) is 9.49. The summed E-state index contributed by atoms with van der Waals surface area (Å²) in [5, 5.41) is 0. The fourth-order valence-corrected chi connectivity index (χ4v) is 2.49. The molecule has 0 spiro atoms. The lowest BCUT2D eigenvalue weighted by Gasteiger charge is -1.97. The minimum absolute atomic E-state index is 0.189. The van der Waals surface area contributed by atoms with Gasteiger partial charge in [-0.2, -0.15) is 0 Å². The highest BCUT2D eigenvalue weighted by molar-refractivity contribution is 5.73. The lowest BCUT2D eigenvalue weighted by atomic mass is 10.1. The third kappa shape index (κ3) is 20.4. The highest BCUT2D eigenvalue weighted by atomic mass is 16.1. The zero-order chi connectivity index (χ0) is 17.9. The lowest BCUT2D eigenvalue weighted by Crippen LogP contribution is -2.09. The summed E-state index contributed by atoms with van der Waals surface area (Å²) in [7, 11) is 0. The lowest BCUT2D eigenvalue weighted by molar-refractivity contribution is -0.119. The topological polar surface area (TPSA) is 86.2 Å². The Kier molecular flexibility index (Phi) is 16.6. The van der Waals surface area contributed by atoms with Crippen molar-refractivity contribution in [3.63, 3.8) is 0 Å². The normalized spacial score (nSPS) is 11.5. The van der Waals surface area contributed by atoms with E-state index in [0.29, 0.717) is 12.8 Å². The van der Waals surface area contributed by atoms with E-state index in [-0.39, 0.29) is 11.8 Å². The molecule has 0 unspecified atom stereocenters. The van der Waals surface area contributed by atoms with Crippen LogP contribution in [0.2, 0.25) is 0 Å². The molecule has 24 heavy (non-hydrogen) atoms. The number of hydrogen-bond donors (Lipinski definition) is 2. The number of carbonyl (C=O) groups is 2. The van der Waals surface area contributed by atoms with E-state index in [0.717, 1.165) is 51.4 Å². The highest BCUT2D eigenvalue weighted by Crippen LogP contribution is 2.07. The molecule has 0 aromatic heterocycles. The zero-order valence-corrected chi connectivity index (χ0v) is 15.2. The quantitative estimate of drug-likeness (QED) is 0.302. The fraction of sp³-hybridized carbons (Fsp3) is 0.700. The molecule has 0 saturated heterocycles.